The molecule has 3 rings (SSSR count). The maximum atomic E-state index is 12.4. The molecule has 0 N–H and O–H groups in total. The fourth-order valence-electron chi connectivity index (χ4n) is 3.45. The van der Waals surface area contributed by atoms with E-state index in [1.165, 1.54) is 12.0 Å². The van der Waals surface area contributed by atoms with E-state index in [0.29, 0.717) is 17.9 Å². The molecule has 5 heteroatoms. The minimum Gasteiger partial charge on any atom is -0.356 e. The lowest BCUT2D eigenvalue weighted by atomic mass is 9.84. The molecule has 2 aliphatic rings. The molecule has 0 bridgehead atoms. The Balaban J connectivity index is 1.58. The summed E-state index contributed by atoms with van der Waals surface area (Å²) in [6.45, 7) is 4.05. The van der Waals surface area contributed by atoms with Crippen molar-refractivity contribution < 1.29 is 4.79 Å². The van der Waals surface area contributed by atoms with E-state index in [9.17, 15) is 4.79 Å². The second-order valence-electron chi connectivity index (χ2n) is 6.59. The molecule has 1 aromatic rings. The number of aryl methyl sites for hydroxylation is 1. The van der Waals surface area contributed by atoms with Crippen LogP contribution >= 0.6 is 15.9 Å². The third-order valence-corrected chi connectivity index (χ3v) is 5.56. The molecular formula is C17H24BrN3O. The van der Waals surface area contributed by atoms with Crippen LogP contribution in [0.3, 0.4) is 0 Å². The summed E-state index contributed by atoms with van der Waals surface area (Å²) in [5, 5.41) is 0. The van der Waals surface area contributed by atoms with Crippen LogP contribution < -0.4 is 4.90 Å². The summed E-state index contributed by atoms with van der Waals surface area (Å²) in [4.78, 5) is 21.3. The van der Waals surface area contributed by atoms with Gasteiger partial charge < -0.3 is 9.80 Å². The quantitative estimate of drug-likeness (QED) is 0.823. The Morgan fingerprint density at radius 2 is 2.00 bits per heavy atom. The topological polar surface area (TPSA) is 36.4 Å². The number of anilines is 1. The van der Waals surface area contributed by atoms with Crippen molar-refractivity contribution in [1.29, 1.82) is 0 Å². The van der Waals surface area contributed by atoms with Gasteiger partial charge in [0.25, 0.3) is 0 Å². The highest BCUT2D eigenvalue weighted by molar-refractivity contribution is 9.10. The lowest BCUT2D eigenvalue weighted by molar-refractivity contribution is -0.139. The fraction of sp³-hybridized carbons (Fsp3) is 0.647. The maximum Gasteiger partial charge on any atom is 0.225 e. The molecule has 0 atom stereocenters. The molecule has 22 heavy (non-hydrogen) atoms. The number of nitrogens with zero attached hydrogens (tertiary/aromatic N) is 3. The molecule has 2 heterocycles. The molecule has 1 aromatic heterocycles. The lowest BCUT2D eigenvalue weighted by Gasteiger charge is -2.40. The van der Waals surface area contributed by atoms with E-state index in [2.05, 4.69) is 38.8 Å². The van der Waals surface area contributed by atoms with E-state index in [1.807, 2.05) is 18.1 Å². The SMILES string of the molecule is Cc1cc(Br)cnc1N1CCC(N(C)C(=O)C2CCC2)CC1. The second-order valence-corrected chi connectivity index (χ2v) is 7.50. The van der Waals surface area contributed by atoms with Crippen LogP contribution in [0.2, 0.25) is 0 Å². The van der Waals surface area contributed by atoms with Gasteiger partial charge >= 0.3 is 0 Å². The predicted molar refractivity (Wildman–Crippen MR) is 92.0 cm³/mol. The number of aromatic nitrogens is 1. The van der Waals surface area contributed by atoms with E-state index >= 15 is 0 Å². The van der Waals surface area contributed by atoms with E-state index in [0.717, 1.165) is 49.1 Å². The molecule has 0 unspecified atom stereocenters. The van der Waals surface area contributed by atoms with Crippen molar-refractivity contribution in [1.82, 2.24) is 9.88 Å². The highest BCUT2D eigenvalue weighted by atomic mass is 79.9. The van der Waals surface area contributed by atoms with Gasteiger partial charge in [0.05, 0.1) is 0 Å². The molecular weight excluding hydrogens is 342 g/mol. The van der Waals surface area contributed by atoms with Gasteiger partial charge in [0.15, 0.2) is 0 Å². The number of carbonyl (C=O) groups is 1. The Morgan fingerprint density at radius 3 is 2.55 bits per heavy atom. The van der Waals surface area contributed by atoms with Gasteiger partial charge in [0, 0.05) is 42.8 Å². The molecule has 1 aliphatic carbocycles. The Kier molecular flexibility index (Phi) is 4.71. The fourth-order valence-corrected chi connectivity index (χ4v) is 3.90. The van der Waals surface area contributed by atoms with Crippen LogP contribution in [0, 0.1) is 12.8 Å². The number of amides is 1. The number of hydrogen-bond acceptors (Lipinski definition) is 3. The summed E-state index contributed by atoms with van der Waals surface area (Å²) < 4.78 is 1.02. The molecule has 1 aliphatic heterocycles. The number of rotatable bonds is 3. The third kappa shape index (κ3) is 3.14. The van der Waals surface area contributed by atoms with Gasteiger partial charge in [0.1, 0.15) is 5.82 Å². The average Bonchev–Trinajstić information content (AvgIpc) is 2.45. The normalized spacial score (nSPS) is 19.9. The summed E-state index contributed by atoms with van der Waals surface area (Å²) in [6.07, 6.45) is 7.32. The van der Waals surface area contributed by atoms with Crippen LogP contribution in [0.1, 0.15) is 37.7 Å². The predicted octanol–water partition coefficient (Wildman–Crippen LogP) is 3.38. The molecule has 0 spiro atoms. The van der Waals surface area contributed by atoms with Crippen LogP contribution in [-0.4, -0.2) is 42.0 Å². The first-order chi connectivity index (χ1) is 10.6. The average molecular weight is 366 g/mol. The van der Waals surface area contributed by atoms with Crippen molar-refractivity contribution in [3.63, 3.8) is 0 Å². The number of hydrogen-bond donors (Lipinski definition) is 0. The molecule has 1 saturated carbocycles. The van der Waals surface area contributed by atoms with Gasteiger partial charge in [-0.1, -0.05) is 6.42 Å². The molecule has 4 nitrogen and oxygen atoms in total. The monoisotopic (exact) mass is 365 g/mol. The Bertz CT molecular complexity index is 551. The zero-order valence-electron chi connectivity index (χ0n) is 13.4. The second kappa shape index (κ2) is 6.57. The molecule has 1 amide bonds. The summed E-state index contributed by atoms with van der Waals surface area (Å²) in [5.74, 6) is 1.75. The summed E-state index contributed by atoms with van der Waals surface area (Å²) in [6, 6.07) is 2.50. The van der Waals surface area contributed by atoms with Crippen LogP contribution in [-0.2, 0) is 4.79 Å². The Labute approximate surface area is 141 Å². The van der Waals surface area contributed by atoms with Gasteiger partial charge in [-0.25, -0.2) is 4.98 Å². The summed E-state index contributed by atoms with van der Waals surface area (Å²) in [5.41, 5.74) is 1.20. The van der Waals surface area contributed by atoms with E-state index in [1.54, 1.807) is 0 Å². The van der Waals surface area contributed by atoms with Crippen LogP contribution in [0.25, 0.3) is 0 Å². The van der Waals surface area contributed by atoms with Crippen molar-refractivity contribution in [2.45, 2.75) is 45.1 Å². The first-order valence-electron chi connectivity index (χ1n) is 8.20. The van der Waals surface area contributed by atoms with Gasteiger partial charge in [-0.3, -0.25) is 4.79 Å². The standard InChI is InChI=1S/C17H24BrN3O/c1-12-10-14(18)11-19-16(12)21-8-6-15(7-9-21)20(2)17(22)13-4-3-5-13/h10-11,13,15H,3-9H2,1-2H3. The van der Waals surface area contributed by atoms with Crippen molar-refractivity contribution >= 4 is 27.7 Å². The molecule has 120 valence electrons. The van der Waals surface area contributed by atoms with E-state index < -0.39 is 0 Å². The molecule has 2 fully saturated rings. The van der Waals surface area contributed by atoms with Gasteiger partial charge in [-0.05, 0) is 60.2 Å². The molecule has 0 aromatic carbocycles. The van der Waals surface area contributed by atoms with Crippen LogP contribution in [0.15, 0.2) is 16.7 Å². The zero-order chi connectivity index (χ0) is 15.7. The lowest BCUT2D eigenvalue weighted by Crippen LogP contribution is -2.48. The first kappa shape index (κ1) is 15.8. The molecule has 0 radical (unpaired) electrons. The number of pyridine rings is 1. The first-order valence-corrected chi connectivity index (χ1v) is 8.99. The summed E-state index contributed by atoms with van der Waals surface area (Å²) in [7, 11) is 1.99. The highest BCUT2D eigenvalue weighted by Crippen LogP contribution is 2.30. The van der Waals surface area contributed by atoms with Crippen LogP contribution in [0.5, 0.6) is 0 Å². The highest BCUT2D eigenvalue weighted by Gasteiger charge is 2.32. The third-order valence-electron chi connectivity index (χ3n) is 5.13. The van der Waals surface area contributed by atoms with Crippen molar-refractivity contribution in [2.24, 2.45) is 5.92 Å². The van der Waals surface area contributed by atoms with E-state index in [4.69, 9.17) is 0 Å². The number of carbonyl (C=O) groups excluding carboxylic acids is 1. The molecule has 1 saturated heterocycles. The summed E-state index contributed by atoms with van der Waals surface area (Å²) >= 11 is 3.47. The number of halogens is 1. The van der Waals surface area contributed by atoms with Gasteiger partial charge in [0.2, 0.25) is 5.91 Å². The number of piperidine rings is 1. The van der Waals surface area contributed by atoms with Crippen molar-refractivity contribution in [3.8, 4) is 0 Å². The van der Waals surface area contributed by atoms with Crippen molar-refractivity contribution in [3.05, 3.63) is 22.3 Å². The van der Waals surface area contributed by atoms with Crippen molar-refractivity contribution in [2.75, 3.05) is 25.0 Å². The van der Waals surface area contributed by atoms with Gasteiger partial charge in [-0.15, -0.1) is 0 Å². The Morgan fingerprint density at radius 1 is 1.32 bits per heavy atom. The largest absolute Gasteiger partial charge is 0.356 e. The van der Waals surface area contributed by atoms with Crippen LogP contribution in [0.4, 0.5) is 5.82 Å². The Hall–Kier alpha value is -1.10. The maximum absolute atomic E-state index is 12.4. The zero-order valence-corrected chi connectivity index (χ0v) is 15.0. The minimum atomic E-state index is 0.304. The van der Waals surface area contributed by atoms with Gasteiger partial charge in [-0.2, -0.15) is 0 Å². The smallest absolute Gasteiger partial charge is 0.225 e. The van der Waals surface area contributed by atoms with E-state index in [-0.39, 0.29) is 0 Å². The minimum absolute atomic E-state index is 0.304.